The summed E-state index contributed by atoms with van der Waals surface area (Å²) >= 11 is 3.76. The second-order valence-corrected chi connectivity index (χ2v) is 6.89. The first-order valence-corrected chi connectivity index (χ1v) is 7.82. The van der Waals surface area contributed by atoms with Crippen molar-refractivity contribution in [3.63, 3.8) is 0 Å². The lowest BCUT2D eigenvalue weighted by atomic mass is 10.2. The van der Waals surface area contributed by atoms with Crippen LogP contribution >= 0.6 is 33.9 Å². The lowest BCUT2D eigenvalue weighted by Gasteiger charge is -2.10. The first kappa shape index (κ1) is 13.3. The minimum absolute atomic E-state index is 0.100. The van der Waals surface area contributed by atoms with Crippen molar-refractivity contribution in [3.05, 3.63) is 62.9 Å². The molecule has 0 radical (unpaired) electrons. The molecule has 2 aromatic heterocycles. The first-order chi connectivity index (χ1) is 9.74. The average Bonchev–Trinajstić information content (AvgIpc) is 3.10. The van der Waals surface area contributed by atoms with Gasteiger partial charge in [0.2, 0.25) is 0 Å². The largest absolute Gasteiger partial charge is 0.320 e. The zero-order valence-electron chi connectivity index (χ0n) is 10.3. The number of benzene rings is 1. The Bertz CT molecular complexity index is 736. The van der Waals surface area contributed by atoms with Gasteiger partial charge in [0.1, 0.15) is 0 Å². The van der Waals surface area contributed by atoms with Gasteiger partial charge in [-0.15, -0.1) is 11.3 Å². The number of para-hydroxylation sites is 2. The van der Waals surface area contributed by atoms with Crippen LogP contribution in [0.25, 0.3) is 5.69 Å². The molecule has 0 aliphatic rings. The van der Waals surface area contributed by atoms with Gasteiger partial charge in [0.05, 0.1) is 26.1 Å². The molecule has 0 aliphatic heterocycles. The number of aromatic nitrogens is 2. The maximum Gasteiger partial charge on any atom is 0.256 e. The number of nitrogens with zero attached hydrogens (tertiary/aromatic N) is 2. The van der Waals surface area contributed by atoms with Crippen LogP contribution in [0.5, 0.6) is 0 Å². The Kier molecular flexibility index (Phi) is 3.83. The third-order valence-corrected chi connectivity index (χ3v) is 4.55. The van der Waals surface area contributed by atoms with Crippen molar-refractivity contribution in [2.75, 3.05) is 5.32 Å². The lowest BCUT2D eigenvalue weighted by molar-refractivity contribution is 0.102. The Balaban J connectivity index is 1.90. The van der Waals surface area contributed by atoms with Gasteiger partial charge in [-0.2, -0.15) is 0 Å². The van der Waals surface area contributed by atoms with Gasteiger partial charge in [-0.05, 0) is 40.8 Å². The van der Waals surface area contributed by atoms with Gasteiger partial charge in [-0.3, -0.25) is 4.79 Å². The van der Waals surface area contributed by atoms with E-state index in [4.69, 9.17) is 0 Å². The lowest BCUT2D eigenvalue weighted by Crippen LogP contribution is -2.12. The molecule has 0 bridgehead atoms. The van der Waals surface area contributed by atoms with Crippen molar-refractivity contribution < 1.29 is 4.79 Å². The third kappa shape index (κ3) is 2.75. The summed E-state index contributed by atoms with van der Waals surface area (Å²) < 4.78 is 2.96. The summed E-state index contributed by atoms with van der Waals surface area (Å²) in [5, 5.41) is 4.80. The first-order valence-electron chi connectivity index (χ1n) is 5.87. The summed E-state index contributed by atoms with van der Waals surface area (Å²) in [6, 6.07) is 9.52. The van der Waals surface area contributed by atoms with Crippen LogP contribution in [0.1, 0.15) is 10.4 Å². The fraction of sp³-hybridized carbons (Fsp3) is 0. The number of imidazole rings is 1. The predicted molar refractivity (Wildman–Crippen MR) is 88.6 cm³/mol. The van der Waals surface area contributed by atoms with E-state index in [1.807, 2.05) is 46.5 Å². The molecule has 0 atom stereocenters. The highest BCUT2D eigenvalue weighted by molar-refractivity contribution is 14.1. The third-order valence-electron chi connectivity index (χ3n) is 2.76. The fourth-order valence-electron chi connectivity index (χ4n) is 1.83. The minimum atomic E-state index is -0.100. The number of hydrogen-bond donors (Lipinski definition) is 1. The van der Waals surface area contributed by atoms with Crippen LogP contribution < -0.4 is 5.32 Å². The molecule has 1 N–H and O–H groups in total. The van der Waals surface area contributed by atoms with Crippen LogP contribution in [0.4, 0.5) is 5.69 Å². The highest BCUT2D eigenvalue weighted by atomic mass is 127. The van der Waals surface area contributed by atoms with E-state index < -0.39 is 0 Å². The Hall–Kier alpha value is -1.67. The number of carbonyl (C=O) groups is 1. The molecule has 0 fully saturated rings. The second kappa shape index (κ2) is 5.76. The number of hydrogen-bond acceptors (Lipinski definition) is 3. The van der Waals surface area contributed by atoms with Gasteiger partial charge in [-0.25, -0.2) is 4.98 Å². The molecule has 20 heavy (non-hydrogen) atoms. The molecule has 6 heteroatoms. The summed E-state index contributed by atoms with van der Waals surface area (Å²) in [6.45, 7) is 0. The van der Waals surface area contributed by atoms with Crippen molar-refractivity contribution >= 4 is 45.5 Å². The molecule has 0 saturated heterocycles. The SMILES string of the molecule is O=C(Nc1ccccc1-n1ccnc1)c1csc(I)c1. The van der Waals surface area contributed by atoms with Crippen molar-refractivity contribution in [3.8, 4) is 5.69 Å². The van der Waals surface area contributed by atoms with Gasteiger partial charge in [0.25, 0.3) is 5.91 Å². The summed E-state index contributed by atoms with van der Waals surface area (Å²) in [7, 11) is 0. The van der Waals surface area contributed by atoms with Gasteiger partial charge >= 0.3 is 0 Å². The minimum Gasteiger partial charge on any atom is -0.320 e. The molecule has 0 unspecified atom stereocenters. The molecular formula is C14H10IN3OS. The van der Waals surface area contributed by atoms with E-state index in [2.05, 4.69) is 32.9 Å². The van der Waals surface area contributed by atoms with Crippen LogP contribution in [0, 0.1) is 2.88 Å². The smallest absolute Gasteiger partial charge is 0.256 e. The molecule has 1 aromatic carbocycles. The van der Waals surface area contributed by atoms with E-state index >= 15 is 0 Å². The molecule has 1 amide bonds. The number of rotatable bonds is 3. The number of thiophene rings is 1. The summed E-state index contributed by atoms with van der Waals surface area (Å²) in [6.07, 6.45) is 5.26. The predicted octanol–water partition coefficient (Wildman–Crippen LogP) is 3.79. The summed E-state index contributed by atoms with van der Waals surface area (Å²) in [5.74, 6) is -0.100. The number of anilines is 1. The van der Waals surface area contributed by atoms with Gasteiger partial charge in [-0.1, -0.05) is 12.1 Å². The maximum atomic E-state index is 12.2. The zero-order valence-corrected chi connectivity index (χ0v) is 13.3. The molecule has 3 aromatic rings. The van der Waals surface area contributed by atoms with Crippen molar-refractivity contribution in [2.24, 2.45) is 0 Å². The normalized spacial score (nSPS) is 10.4. The van der Waals surface area contributed by atoms with E-state index in [-0.39, 0.29) is 5.91 Å². The number of carbonyl (C=O) groups excluding carboxylic acids is 1. The van der Waals surface area contributed by atoms with Crippen LogP contribution in [-0.4, -0.2) is 15.5 Å². The van der Waals surface area contributed by atoms with E-state index in [1.165, 1.54) is 0 Å². The van der Waals surface area contributed by atoms with Gasteiger partial charge < -0.3 is 9.88 Å². The number of halogens is 1. The highest BCUT2D eigenvalue weighted by Crippen LogP contribution is 2.22. The Morgan fingerprint density at radius 1 is 1.35 bits per heavy atom. The van der Waals surface area contributed by atoms with Crippen molar-refractivity contribution in [1.29, 1.82) is 0 Å². The van der Waals surface area contributed by atoms with Crippen LogP contribution in [0.15, 0.2) is 54.4 Å². The molecule has 2 heterocycles. The number of nitrogens with one attached hydrogen (secondary N) is 1. The zero-order chi connectivity index (χ0) is 13.9. The van der Waals surface area contributed by atoms with Crippen LogP contribution in [0.2, 0.25) is 0 Å². The van der Waals surface area contributed by atoms with Crippen LogP contribution in [0.3, 0.4) is 0 Å². The van der Waals surface area contributed by atoms with E-state index in [9.17, 15) is 4.79 Å². The van der Waals surface area contributed by atoms with E-state index in [0.717, 1.165) is 14.3 Å². The maximum absolute atomic E-state index is 12.2. The molecular weight excluding hydrogens is 385 g/mol. The van der Waals surface area contributed by atoms with Gasteiger partial charge in [0.15, 0.2) is 0 Å². The quantitative estimate of drug-likeness (QED) is 0.686. The van der Waals surface area contributed by atoms with E-state index in [0.29, 0.717) is 5.56 Å². The average molecular weight is 395 g/mol. The molecule has 0 saturated carbocycles. The monoisotopic (exact) mass is 395 g/mol. The Labute approximate surface area is 133 Å². The van der Waals surface area contributed by atoms with Crippen molar-refractivity contribution in [2.45, 2.75) is 0 Å². The molecule has 4 nitrogen and oxygen atoms in total. The topological polar surface area (TPSA) is 46.9 Å². The van der Waals surface area contributed by atoms with Crippen molar-refractivity contribution in [1.82, 2.24) is 9.55 Å². The Morgan fingerprint density at radius 2 is 2.20 bits per heavy atom. The molecule has 100 valence electrons. The molecule has 3 rings (SSSR count). The van der Waals surface area contributed by atoms with Gasteiger partial charge in [0, 0.05) is 17.8 Å². The highest BCUT2D eigenvalue weighted by Gasteiger charge is 2.11. The van der Waals surface area contributed by atoms with Crippen LogP contribution in [-0.2, 0) is 0 Å². The summed E-state index contributed by atoms with van der Waals surface area (Å²) in [4.78, 5) is 16.2. The Morgan fingerprint density at radius 3 is 2.90 bits per heavy atom. The second-order valence-electron chi connectivity index (χ2n) is 4.08. The van der Waals surface area contributed by atoms with E-state index in [1.54, 1.807) is 23.9 Å². The molecule has 0 spiro atoms. The fourth-order valence-corrected chi connectivity index (χ4v) is 3.16. The summed E-state index contributed by atoms with van der Waals surface area (Å²) in [5.41, 5.74) is 2.33. The molecule has 0 aliphatic carbocycles. The standard InChI is InChI=1S/C14H10IN3OS/c15-13-7-10(8-20-13)14(19)17-11-3-1-2-4-12(11)18-6-5-16-9-18/h1-9H,(H,17,19). The number of amides is 1.